The predicted octanol–water partition coefficient (Wildman–Crippen LogP) is 4.74. The zero-order chi connectivity index (χ0) is 15.2. The van der Waals surface area contributed by atoms with Crippen molar-refractivity contribution in [2.45, 2.75) is 13.3 Å². The molecule has 5 heteroatoms. The van der Waals surface area contributed by atoms with Crippen molar-refractivity contribution in [3.8, 4) is 0 Å². The van der Waals surface area contributed by atoms with Crippen LogP contribution in [0.3, 0.4) is 0 Å². The van der Waals surface area contributed by atoms with E-state index < -0.39 is 0 Å². The van der Waals surface area contributed by atoms with E-state index in [9.17, 15) is 4.79 Å². The normalized spacial score (nSPS) is 10.2. The van der Waals surface area contributed by atoms with Gasteiger partial charge in [-0.3, -0.25) is 4.79 Å². The highest BCUT2D eigenvalue weighted by Gasteiger charge is 2.03. The Morgan fingerprint density at radius 3 is 2.38 bits per heavy atom. The highest BCUT2D eigenvalue weighted by molar-refractivity contribution is 6.31. The minimum absolute atomic E-state index is 0.0450. The number of aryl methyl sites for hydroxylation is 1. The molecular formula is C16H16Cl2N2O. The molecule has 0 heterocycles. The molecule has 0 bridgehead atoms. The van der Waals surface area contributed by atoms with E-state index in [2.05, 4.69) is 10.6 Å². The van der Waals surface area contributed by atoms with Gasteiger partial charge in [-0.05, 0) is 55.0 Å². The molecule has 2 aromatic rings. The Morgan fingerprint density at radius 1 is 1.05 bits per heavy atom. The third-order valence-electron chi connectivity index (χ3n) is 2.98. The van der Waals surface area contributed by atoms with Crippen LogP contribution in [0.25, 0.3) is 0 Å². The lowest BCUT2D eigenvalue weighted by Gasteiger charge is -2.10. The summed E-state index contributed by atoms with van der Waals surface area (Å²) in [6.45, 7) is 2.53. The SMILES string of the molecule is Cc1cc(Cl)ccc1NCCC(=O)Nc1ccc(Cl)cc1. The van der Waals surface area contributed by atoms with E-state index in [1.807, 2.05) is 25.1 Å². The summed E-state index contributed by atoms with van der Waals surface area (Å²) in [6, 6.07) is 12.7. The summed E-state index contributed by atoms with van der Waals surface area (Å²) in [7, 11) is 0. The number of anilines is 2. The van der Waals surface area contributed by atoms with Crippen LogP contribution in [0.2, 0.25) is 10.0 Å². The average molecular weight is 323 g/mol. The molecule has 0 aliphatic carbocycles. The summed E-state index contributed by atoms with van der Waals surface area (Å²) < 4.78 is 0. The van der Waals surface area contributed by atoms with Gasteiger partial charge in [-0.15, -0.1) is 0 Å². The monoisotopic (exact) mass is 322 g/mol. The maximum atomic E-state index is 11.8. The molecular weight excluding hydrogens is 307 g/mol. The number of carbonyl (C=O) groups excluding carboxylic acids is 1. The van der Waals surface area contributed by atoms with Crippen LogP contribution in [0.5, 0.6) is 0 Å². The van der Waals surface area contributed by atoms with E-state index in [1.54, 1.807) is 24.3 Å². The molecule has 0 aliphatic rings. The quantitative estimate of drug-likeness (QED) is 0.834. The van der Waals surface area contributed by atoms with Gasteiger partial charge >= 0.3 is 0 Å². The molecule has 0 fully saturated rings. The van der Waals surface area contributed by atoms with Crippen molar-refractivity contribution in [2.24, 2.45) is 0 Å². The molecule has 0 radical (unpaired) electrons. The summed E-state index contributed by atoms with van der Waals surface area (Å²) in [5.41, 5.74) is 2.78. The number of rotatable bonds is 5. The highest BCUT2D eigenvalue weighted by atomic mass is 35.5. The molecule has 0 saturated carbocycles. The molecule has 1 amide bonds. The largest absolute Gasteiger partial charge is 0.384 e. The second kappa shape index (κ2) is 7.34. The zero-order valence-corrected chi connectivity index (χ0v) is 13.1. The maximum Gasteiger partial charge on any atom is 0.226 e. The summed E-state index contributed by atoms with van der Waals surface area (Å²) in [6.07, 6.45) is 0.380. The van der Waals surface area contributed by atoms with Crippen LogP contribution < -0.4 is 10.6 Å². The summed E-state index contributed by atoms with van der Waals surface area (Å²) >= 11 is 11.7. The van der Waals surface area contributed by atoms with E-state index in [0.717, 1.165) is 16.9 Å². The Kier molecular flexibility index (Phi) is 5.48. The molecule has 0 atom stereocenters. The lowest BCUT2D eigenvalue weighted by Crippen LogP contribution is -2.16. The van der Waals surface area contributed by atoms with Crippen molar-refractivity contribution < 1.29 is 4.79 Å². The van der Waals surface area contributed by atoms with E-state index in [0.29, 0.717) is 23.0 Å². The number of benzene rings is 2. The van der Waals surface area contributed by atoms with Crippen LogP contribution in [0.1, 0.15) is 12.0 Å². The first-order chi connectivity index (χ1) is 10.0. The van der Waals surface area contributed by atoms with Gasteiger partial charge in [-0.2, -0.15) is 0 Å². The number of hydrogen-bond donors (Lipinski definition) is 2. The van der Waals surface area contributed by atoms with E-state index >= 15 is 0 Å². The molecule has 0 spiro atoms. The molecule has 0 saturated heterocycles. The first-order valence-electron chi connectivity index (χ1n) is 6.60. The molecule has 0 aliphatic heterocycles. The second-order valence-corrected chi connectivity index (χ2v) is 5.56. The lowest BCUT2D eigenvalue weighted by molar-refractivity contribution is -0.115. The Balaban J connectivity index is 1.80. The Bertz CT molecular complexity index is 627. The zero-order valence-electron chi connectivity index (χ0n) is 11.6. The van der Waals surface area contributed by atoms with Gasteiger partial charge in [0.05, 0.1) is 0 Å². The fourth-order valence-corrected chi connectivity index (χ4v) is 2.25. The van der Waals surface area contributed by atoms with Gasteiger partial charge in [0.15, 0.2) is 0 Å². The fraction of sp³-hybridized carbons (Fsp3) is 0.188. The van der Waals surface area contributed by atoms with Crippen LogP contribution in [0.15, 0.2) is 42.5 Å². The summed E-state index contributed by atoms with van der Waals surface area (Å²) in [5.74, 6) is -0.0450. The van der Waals surface area contributed by atoms with E-state index in [-0.39, 0.29) is 5.91 Å². The van der Waals surface area contributed by atoms with Crippen molar-refractivity contribution in [1.29, 1.82) is 0 Å². The highest BCUT2D eigenvalue weighted by Crippen LogP contribution is 2.19. The maximum absolute atomic E-state index is 11.8. The van der Waals surface area contributed by atoms with Crippen molar-refractivity contribution in [3.63, 3.8) is 0 Å². The lowest BCUT2D eigenvalue weighted by atomic mass is 10.2. The summed E-state index contributed by atoms with van der Waals surface area (Å²) in [5, 5.41) is 7.40. The number of hydrogen-bond acceptors (Lipinski definition) is 2. The standard InChI is InChI=1S/C16H16Cl2N2O/c1-11-10-13(18)4-7-15(11)19-9-8-16(21)20-14-5-2-12(17)3-6-14/h2-7,10,19H,8-9H2,1H3,(H,20,21). The molecule has 2 N–H and O–H groups in total. The molecule has 2 aromatic carbocycles. The van der Waals surface area contributed by atoms with Gasteiger partial charge in [0.1, 0.15) is 0 Å². The van der Waals surface area contributed by atoms with E-state index in [1.165, 1.54) is 0 Å². The Hall–Kier alpha value is -1.71. The van der Waals surface area contributed by atoms with Gasteiger partial charge in [-0.1, -0.05) is 23.2 Å². The molecule has 0 unspecified atom stereocenters. The fourth-order valence-electron chi connectivity index (χ4n) is 1.89. The number of carbonyl (C=O) groups is 1. The van der Waals surface area contributed by atoms with Gasteiger partial charge in [0, 0.05) is 34.4 Å². The van der Waals surface area contributed by atoms with Crippen LogP contribution in [-0.4, -0.2) is 12.5 Å². The first kappa shape index (κ1) is 15.7. The number of amides is 1. The molecule has 0 aromatic heterocycles. The van der Waals surface area contributed by atoms with Crippen molar-refractivity contribution >= 4 is 40.5 Å². The van der Waals surface area contributed by atoms with Crippen molar-refractivity contribution in [2.75, 3.05) is 17.2 Å². The minimum atomic E-state index is -0.0450. The van der Waals surface area contributed by atoms with Crippen molar-refractivity contribution in [1.82, 2.24) is 0 Å². The average Bonchev–Trinajstić information content (AvgIpc) is 2.44. The molecule has 110 valence electrons. The molecule has 3 nitrogen and oxygen atoms in total. The topological polar surface area (TPSA) is 41.1 Å². The molecule has 21 heavy (non-hydrogen) atoms. The third kappa shape index (κ3) is 4.96. The van der Waals surface area contributed by atoms with Gasteiger partial charge in [0.25, 0.3) is 0 Å². The first-order valence-corrected chi connectivity index (χ1v) is 7.35. The second-order valence-electron chi connectivity index (χ2n) is 4.69. The van der Waals surface area contributed by atoms with Crippen LogP contribution in [-0.2, 0) is 4.79 Å². The Morgan fingerprint density at radius 2 is 1.71 bits per heavy atom. The van der Waals surface area contributed by atoms with Gasteiger partial charge < -0.3 is 10.6 Å². The minimum Gasteiger partial charge on any atom is -0.384 e. The van der Waals surface area contributed by atoms with Gasteiger partial charge in [-0.25, -0.2) is 0 Å². The van der Waals surface area contributed by atoms with Gasteiger partial charge in [0.2, 0.25) is 5.91 Å². The Labute approximate surface area is 134 Å². The van der Waals surface area contributed by atoms with Crippen LogP contribution in [0, 0.1) is 6.92 Å². The predicted molar refractivity (Wildman–Crippen MR) is 89.4 cm³/mol. The van der Waals surface area contributed by atoms with E-state index in [4.69, 9.17) is 23.2 Å². The third-order valence-corrected chi connectivity index (χ3v) is 3.47. The smallest absolute Gasteiger partial charge is 0.226 e. The van der Waals surface area contributed by atoms with Crippen LogP contribution in [0.4, 0.5) is 11.4 Å². The van der Waals surface area contributed by atoms with Crippen LogP contribution >= 0.6 is 23.2 Å². The number of nitrogens with one attached hydrogen (secondary N) is 2. The van der Waals surface area contributed by atoms with Crippen molar-refractivity contribution in [3.05, 3.63) is 58.1 Å². The summed E-state index contributed by atoms with van der Waals surface area (Å²) in [4.78, 5) is 11.8. The number of halogens is 2. The molecule has 2 rings (SSSR count).